The van der Waals surface area contributed by atoms with Crippen LogP contribution in [0.25, 0.3) is 0 Å². The van der Waals surface area contributed by atoms with E-state index >= 15 is 0 Å². The van der Waals surface area contributed by atoms with Crippen LogP contribution in [0.5, 0.6) is 0 Å². The fraction of sp³-hybridized carbons (Fsp3) is 1.00. The van der Waals surface area contributed by atoms with Gasteiger partial charge in [-0.25, -0.2) is 4.18 Å². The van der Waals surface area contributed by atoms with E-state index in [2.05, 4.69) is 7.81 Å². The molecule has 0 atom stereocenters. The Morgan fingerprint density at radius 2 is 1.36 bits per heavy atom. The third-order valence-electron chi connectivity index (χ3n) is 3.12. The highest BCUT2D eigenvalue weighted by Gasteiger charge is 2.35. The Bertz CT molecular complexity index is 531. The predicted molar refractivity (Wildman–Crippen MR) is 88.5 cm³/mol. The molecule has 0 aromatic carbocycles. The molecule has 25 heavy (non-hydrogen) atoms. The van der Waals surface area contributed by atoms with Crippen molar-refractivity contribution in [3.63, 3.8) is 0 Å². The Morgan fingerprint density at radius 3 is 1.72 bits per heavy atom. The van der Waals surface area contributed by atoms with Crippen LogP contribution in [0.2, 0.25) is 0 Å². The van der Waals surface area contributed by atoms with Crippen molar-refractivity contribution < 1.29 is 43.8 Å². The fourth-order valence-electron chi connectivity index (χ4n) is 1.65. The Hall–Kier alpha value is -0.340. The van der Waals surface area contributed by atoms with E-state index in [0.29, 0.717) is 13.2 Å². The van der Waals surface area contributed by atoms with Gasteiger partial charge in [0.1, 0.15) is 0 Å². The van der Waals surface area contributed by atoms with E-state index in [1.807, 2.05) is 13.8 Å². The number of aliphatic hydroxyl groups is 1. The molecule has 0 aliphatic rings. The van der Waals surface area contributed by atoms with Crippen LogP contribution in [0, 0.1) is 5.41 Å². The number of hydrogen-bond donors (Lipinski definition) is 2. The van der Waals surface area contributed by atoms with Gasteiger partial charge in [0, 0.05) is 13.2 Å². The molecule has 0 saturated heterocycles. The van der Waals surface area contributed by atoms with Crippen molar-refractivity contribution in [2.24, 2.45) is 5.41 Å². The minimum absolute atomic E-state index is 0.0585. The molecule has 12 heteroatoms. The van der Waals surface area contributed by atoms with E-state index < -0.39 is 39.4 Å². The predicted octanol–water partition coefficient (Wildman–Crippen LogP) is 0.679. The van der Waals surface area contributed by atoms with Crippen LogP contribution in [0.15, 0.2) is 0 Å². The van der Waals surface area contributed by atoms with E-state index in [4.69, 9.17) is 14.0 Å². The van der Waals surface area contributed by atoms with Crippen LogP contribution in [-0.4, -0.2) is 66.1 Å². The lowest BCUT2D eigenvalue weighted by Gasteiger charge is -2.30. The molecule has 0 rings (SSSR count). The average molecular weight is 408 g/mol. The van der Waals surface area contributed by atoms with Crippen molar-refractivity contribution in [3.05, 3.63) is 0 Å². The number of ether oxygens (including phenoxy) is 2. The SMILES string of the molecule is CCCCOCC(CO)(COCCCC)COS(=O)(=O)OS(=O)(=O)O. The van der Waals surface area contributed by atoms with Crippen molar-refractivity contribution in [3.8, 4) is 0 Å². The summed E-state index contributed by atoms with van der Waals surface area (Å²) in [6.45, 7) is 3.47. The quantitative estimate of drug-likeness (QED) is 0.276. The Morgan fingerprint density at radius 1 is 0.880 bits per heavy atom. The summed E-state index contributed by atoms with van der Waals surface area (Å²) in [4.78, 5) is 0. The van der Waals surface area contributed by atoms with Crippen molar-refractivity contribution >= 4 is 20.8 Å². The number of rotatable bonds is 16. The molecule has 0 amide bonds. The topological polar surface area (TPSA) is 146 Å². The highest BCUT2D eigenvalue weighted by atomic mass is 32.3. The van der Waals surface area contributed by atoms with Gasteiger partial charge in [0.15, 0.2) is 0 Å². The molecular weight excluding hydrogens is 380 g/mol. The normalized spacial score (nSPS) is 13.3. The van der Waals surface area contributed by atoms with Gasteiger partial charge in [-0.1, -0.05) is 26.7 Å². The molecule has 0 aromatic rings. The standard InChI is InChI=1S/C13H28O10S2/c1-3-5-7-20-10-13(9-14,11-21-8-6-4-2)12-22-25(18,19)23-24(15,16)17/h14H,3-12H2,1-2H3,(H,15,16,17). The second-order valence-electron chi connectivity index (χ2n) is 5.64. The maximum atomic E-state index is 11.4. The summed E-state index contributed by atoms with van der Waals surface area (Å²) in [5.41, 5.74) is -1.23. The third-order valence-corrected chi connectivity index (χ3v) is 4.88. The van der Waals surface area contributed by atoms with Gasteiger partial charge in [-0.2, -0.15) is 16.8 Å². The van der Waals surface area contributed by atoms with Crippen LogP contribution in [0.4, 0.5) is 0 Å². The van der Waals surface area contributed by atoms with Crippen LogP contribution in [0.3, 0.4) is 0 Å². The lowest BCUT2D eigenvalue weighted by atomic mass is 9.92. The number of unbranched alkanes of at least 4 members (excludes halogenated alkanes) is 2. The summed E-state index contributed by atoms with van der Waals surface area (Å²) in [6, 6.07) is 0. The minimum Gasteiger partial charge on any atom is -0.396 e. The van der Waals surface area contributed by atoms with Gasteiger partial charge < -0.3 is 14.6 Å². The maximum absolute atomic E-state index is 11.4. The molecule has 0 heterocycles. The molecule has 152 valence electrons. The van der Waals surface area contributed by atoms with Gasteiger partial charge in [-0.15, -0.1) is 3.63 Å². The molecule has 0 fully saturated rings. The number of aliphatic hydroxyl groups excluding tert-OH is 1. The highest BCUT2D eigenvalue weighted by Crippen LogP contribution is 2.21. The van der Waals surface area contributed by atoms with E-state index in [1.165, 1.54) is 0 Å². The van der Waals surface area contributed by atoms with E-state index in [1.54, 1.807) is 0 Å². The maximum Gasteiger partial charge on any atom is 0.416 e. The molecule has 0 spiro atoms. The first-order chi connectivity index (χ1) is 11.6. The van der Waals surface area contributed by atoms with Crippen molar-refractivity contribution in [1.29, 1.82) is 0 Å². The zero-order valence-corrected chi connectivity index (χ0v) is 16.2. The first-order valence-corrected chi connectivity index (χ1v) is 10.6. The second kappa shape index (κ2) is 12.1. The Labute approximate surface area is 149 Å². The minimum atomic E-state index is -5.24. The van der Waals surface area contributed by atoms with Crippen molar-refractivity contribution in [2.45, 2.75) is 39.5 Å². The number of hydrogen-bond acceptors (Lipinski definition) is 9. The van der Waals surface area contributed by atoms with E-state index in [9.17, 15) is 21.9 Å². The van der Waals surface area contributed by atoms with Crippen LogP contribution >= 0.6 is 0 Å². The lowest BCUT2D eigenvalue weighted by Crippen LogP contribution is -2.42. The van der Waals surface area contributed by atoms with Gasteiger partial charge in [0.25, 0.3) is 0 Å². The largest absolute Gasteiger partial charge is 0.416 e. The lowest BCUT2D eigenvalue weighted by molar-refractivity contribution is -0.0725. The summed E-state index contributed by atoms with van der Waals surface area (Å²) in [6.07, 6.45) is 3.35. The Balaban J connectivity index is 4.88. The first kappa shape index (κ1) is 24.7. The summed E-state index contributed by atoms with van der Waals surface area (Å²) in [5.74, 6) is 0. The molecule has 0 aliphatic carbocycles. The van der Waals surface area contributed by atoms with Gasteiger partial charge in [0.2, 0.25) is 0 Å². The van der Waals surface area contributed by atoms with Gasteiger partial charge in [0.05, 0.1) is 31.8 Å². The summed E-state index contributed by atoms with van der Waals surface area (Å²) in [5, 5.41) is 9.68. The molecule has 0 bridgehead atoms. The van der Waals surface area contributed by atoms with Crippen LogP contribution in [0.1, 0.15) is 39.5 Å². The summed E-state index contributed by atoms with van der Waals surface area (Å²) >= 11 is 0. The smallest absolute Gasteiger partial charge is 0.396 e. The zero-order valence-electron chi connectivity index (χ0n) is 14.5. The van der Waals surface area contributed by atoms with Crippen molar-refractivity contribution in [2.75, 3.05) is 39.6 Å². The van der Waals surface area contributed by atoms with E-state index in [0.717, 1.165) is 25.7 Å². The van der Waals surface area contributed by atoms with Gasteiger partial charge in [-0.3, -0.25) is 4.55 Å². The summed E-state index contributed by atoms with van der Waals surface area (Å²) in [7, 11) is -10.3. The van der Waals surface area contributed by atoms with Crippen molar-refractivity contribution in [1.82, 2.24) is 0 Å². The third kappa shape index (κ3) is 12.6. The molecule has 0 aromatic heterocycles. The van der Waals surface area contributed by atoms with Crippen LogP contribution in [-0.2, 0) is 38.1 Å². The molecule has 0 saturated carbocycles. The average Bonchev–Trinajstić information content (AvgIpc) is 2.50. The fourth-order valence-corrected chi connectivity index (χ4v) is 3.05. The van der Waals surface area contributed by atoms with Gasteiger partial charge in [-0.05, 0) is 12.8 Å². The molecular formula is C13H28O10S2. The monoisotopic (exact) mass is 408 g/mol. The van der Waals surface area contributed by atoms with Crippen LogP contribution < -0.4 is 0 Å². The molecule has 0 unspecified atom stereocenters. The van der Waals surface area contributed by atoms with E-state index in [-0.39, 0.29) is 13.2 Å². The molecule has 2 N–H and O–H groups in total. The van der Waals surface area contributed by atoms with Gasteiger partial charge >= 0.3 is 20.8 Å². The molecule has 0 aliphatic heterocycles. The molecule has 0 radical (unpaired) electrons. The second-order valence-corrected chi connectivity index (χ2v) is 8.09. The highest BCUT2D eigenvalue weighted by molar-refractivity contribution is 7.94. The Kier molecular flexibility index (Phi) is 12.0. The summed E-state index contributed by atoms with van der Waals surface area (Å²) < 4.78 is 71.1. The molecule has 10 nitrogen and oxygen atoms in total. The first-order valence-electron chi connectivity index (χ1n) is 7.94. The zero-order chi connectivity index (χ0) is 19.4.